The first-order chi connectivity index (χ1) is 3.63. The van der Waals surface area contributed by atoms with Crippen LogP contribution in [0.25, 0.3) is 0 Å². The zero-order valence-corrected chi connectivity index (χ0v) is 8.94. The molecule has 0 unspecified atom stereocenters. The van der Waals surface area contributed by atoms with Crippen LogP contribution in [-0.4, -0.2) is 60.8 Å². The van der Waals surface area contributed by atoms with Crippen molar-refractivity contribution in [1.82, 2.24) is 0 Å². The Kier molecular flexibility index (Phi) is 8.48. The molecule has 5 heteroatoms. The van der Waals surface area contributed by atoms with Crippen molar-refractivity contribution in [3.05, 3.63) is 12.2 Å². The monoisotopic (exact) mass is 252 g/mol. The van der Waals surface area contributed by atoms with Gasteiger partial charge >= 0.3 is 48.9 Å². The molecule has 0 aliphatic rings. The summed E-state index contributed by atoms with van der Waals surface area (Å²) in [6.45, 7) is 0. The standard InChI is InChI=1S/C4H4O4.Ba/c5-3(6)1-2-4(7)8;/h1-2H,(H,5,6)(H,7,8);/q;+2/p-2. The Morgan fingerprint density at radius 1 is 1.00 bits per heavy atom. The Morgan fingerprint density at radius 2 is 1.22 bits per heavy atom. The maximum Gasteiger partial charge on any atom is 2.00 e. The van der Waals surface area contributed by atoms with Gasteiger partial charge in [-0.3, -0.25) is 0 Å². The van der Waals surface area contributed by atoms with Crippen LogP contribution >= 0.6 is 0 Å². The molecule has 0 fully saturated rings. The average molecular weight is 251 g/mol. The summed E-state index contributed by atoms with van der Waals surface area (Å²) >= 11 is 0. The smallest absolute Gasteiger partial charge is 0.545 e. The molecule has 0 atom stereocenters. The summed E-state index contributed by atoms with van der Waals surface area (Å²) in [5.41, 5.74) is 0. The molecule has 0 bridgehead atoms. The van der Waals surface area contributed by atoms with E-state index in [1.807, 2.05) is 0 Å². The van der Waals surface area contributed by atoms with E-state index < -0.39 is 11.9 Å². The largest absolute Gasteiger partial charge is 2.00 e. The molecule has 0 saturated heterocycles. The van der Waals surface area contributed by atoms with Crippen LogP contribution in [0.1, 0.15) is 0 Å². The van der Waals surface area contributed by atoms with Crippen molar-refractivity contribution in [3.63, 3.8) is 0 Å². The van der Waals surface area contributed by atoms with Crippen molar-refractivity contribution >= 4 is 60.8 Å². The predicted octanol–water partition coefficient (Wildman–Crippen LogP) is -3.34. The predicted molar refractivity (Wildman–Crippen MR) is 24.9 cm³/mol. The molecule has 0 spiro atoms. The third-order valence-electron chi connectivity index (χ3n) is 0.355. The van der Waals surface area contributed by atoms with Gasteiger partial charge in [-0.1, -0.05) is 0 Å². The van der Waals surface area contributed by atoms with E-state index in [2.05, 4.69) is 0 Å². The van der Waals surface area contributed by atoms with E-state index in [1.54, 1.807) is 0 Å². The molecular formula is C4H2BaO4. The van der Waals surface area contributed by atoms with Crippen LogP contribution in [0.5, 0.6) is 0 Å². The number of hydrogen-bond donors (Lipinski definition) is 0. The number of carbonyl (C=O) groups is 2. The molecule has 0 rings (SSSR count). The van der Waals surface area contributed by atoms with E-state index in [-0.39, 0.29) is 48.9 Å². The van der Waals surface area contributed by atoms with Crippen LogP contribution in [-0.2, 0) is 9.59 Å². The van der Waals surface area contributed by atoms with Gasteiger partial charge in [-0.2, -0.15) is 0 Å². The van der Waals surface area contributed by atoms with Gasteiger partial charge in [0.25, 0.3) is 0 Å². The first-order valence-electron chi connectivity index (χ1n) is 1.73. The summed E-state index contributed by atoms with van der Waals surface area (Å²) in [6.07, 6.45) is 0.769. The van der Waals surface area contributed by atoms with Gasteiger partial charge < -0.3 is 19.8 Å². The molecule has 0 radical (unpaired) electrons. The Balaban J connectivity index is 0. The quantitative estimate of drug-likeness (QED) is 0.380. The second-order valence-electron chi connectivity index (χ2n) is 0.971. The molecular weight excluding hydrogens is 249 g/mol. The van der Waals surface area contributed by atoms with Gasteiger partial charge in [0.1, 0.15) is 0 Å². The van der Waals surface area contributed by atoms with Gasteiger partial charge in [0.15, 0.2) is 0 Å². The molecule has 0 aromatic carbocycles. The molecule has 0 N–H and O–H groups in total. The van der Waals surface area contributed by atoms with Gasteiger partial charge in [0.05, 0.1) is 11.9 Å². The summed E-state index contributed by atoms with van der Waals surface area (Å²) in [6, 6.07) is 0. The normalized spacial score (nSPS) is 8.44. The fourth-order valence-electron chi connectivity index (χ4n) is 0.136. The number of hydrogen-bond acceptors (Lipinski definition) is 4. The molecule has 44 valence electrons. The number of carbonyl (C=O) groups excluding carboxylic acids is 2. The molecule has 0 aliphatic carbocycles. The van der Waals surface area contributed by atoms with Crippen molar-refractivity contribution in [3.8, 4) is 0 Å². The summed E-state index contributed by atoms with van der Waals surface area (Å²) in [4.78, 5) is 18.8. The topological polar surface area (TPSA) is 80.3 Å². The van der Waals surface area contributed by atoms with Crippen LogP contribution < -0.4 is 10.2 Å². The van der Waals surface area contributed by atoms with Crippen LogP contribution in [0.4, 0.5) is 0 Å². The summed E-state index contributed by atoms with van der Waals surface area (Å²) in [7, 11) is 0. The van der Waals surface area contributed by atoms with Gasteiger partial charge in [-0.15, -0.1) is 0 Å². The second kappa shape index (κ2) is 6.37. The van der Waals surface area contributed by atoms with Crippen LogP contribution in [0.15, 0.2) is 12.2 Å². The fraction of sp³-hybridized carbons (Fsp3) is 0. The third-order valence-corrected chi connectivity index (χ3v) is 0.355. The number of rotatable bonds is 2. The van der Waals surface area contributed by atoms with Gasteiger partial charge in [-0.25, -0.2) is 0 Å². The van der Waals surface area contributed by atoms with E-state index in [1.165, 1.54) is 0 Å². The first kappa shape index (κ1) is 12.0. The van der Waals surface area contributed by atoms with E-state index in [9.17, 15) is 19.8 Å². The van der Waals surface area contributed by atoms with Crippen LogP contribution in [0.2, 0.25) is 0 Å². The molecule has 0 saturated carbocycles. The Hall–Kier alpha value is 0.251. The van der Waals surface area contributed by atoms with Crippen molar-refractivity contribution in [2.45, 2.75) is 0 Å². The van der Waals surface area contributed by atoms with E-state index in [4.69, 9.17) is 0 Å². The second-order valence-corrected chi connectivity index (χ2v) is 0.971. The van der Waals surface area contributed by atoms with Crippen LogP contribution in [0.3, 0.4) is 0 Å². The van der Waals surface area contributed by atoms with Gasteiger partial charge in [0.2, 0.25) is 0 Å². The van der Waals surface area contributed by atoms with E-state index in [0.717, 1.165) is 0 Å². The van der Waals surface area contributed by atoms with E-state index in [0.29, 0.717) is 12.2 Å². The minimum atomic E-state index is -1.55. The van der Waals surface area contributed by atoms with Crippen molar-refractivity contribution < 1.29 is 19.8 Å². The zero-order valence-electron chi connectivity index (χ0n) is 4.49. The fourth-order valence-corrected chi connectivity index (χ4v) is 0.136. The van der Waals surface area contributed by atoms with Gasteiger partial charge in [-0.05, 0) is 12.2 Å². The Labute approximate surface area is 91.6 Å². The summed E-state index contributed by atoms with van der Waals surface area (Å²) < 4.78 is 0. The van der Waals surface area contributed by atoms with Gasteiger partial charge in [0, 0.05) is 0 Å². The molecule has 0 aliphatic heterocycles. The Morgan fingerprint density at radius 3 is 1.33 bits per heavy atom. The molecule has 4 nitrogen and oxygen atoms in total. The third kappa shape index (κ3) is 11.7. The number of aliphatic carboxylic acids is 2. The molecule has 0 aromatic rings. The Bertz CT molecular complexity index is 124. The SMILES string of the molecule is O=C([O-])C=CC(=O)[O-].[Ba+2]. The maximum atomic E-state index is 9.41. The number of carboxylic acids is 2. The van der Waals surface area contributed by atoms with E-state index >= 15 is 0 Å². The first-order valence-corrected chi connectivity index (χ1v) is 1.73. The average Bonchev–Trinajstić information content (AvgIpc) is 1.61. The van der Waals surface area contributed by atoms with Crippen LogP contribution in [0, 0.1) is 0 Å². The van der Waals surface area contributed by atoms with Crippen molar-refractivity contribution in [1.29, 1.82) is 0 Å². The number of carboxylic acid groups (broad SMARTS) is 2. The molecule has 0 amide bonds. The minimum Gasteiger partial charge on any atom is -0.545 e. The van der Waals surface area contributed by atoms with Crippen molar-refractivity contribution in [2.24, 2.45) is 0 Å². The summed E-state index contributed by atoms with van der Waals surface area (Å²) in [5, 5.41) is 18.8. The van der Waals surface area contributed by atoms with Crippen molar-refractivity contribution in [2.75, 3.05) is 0 Å². The molecule has 0 aromatic heterocycles. The zero-order chi connectivity index (χ0) is 6.57. The molecule has 9 heavy (non-hydrogen) atoms. The summed E-state index contributed by atoms with van der Waals surface area (Å²) in [5.74, 6) is -3.09. The minimum absolute atomic E-state index is 0. The maximum absolute atomic E-state index is 9.41. The molecule has 0 heterocycles.